The van der Waals surface area contributed by atoms with Gasteiger partial charge in [0.15, 0.2) is 5.01 Å². The number of nitrogens with one attached hydrogen (secondary N) is 1. The third kappa shape index (κ3) is 4.13. The summed E-state index contributed by atoms with van der Waals surface area (Å²) < 4.78 is 0. The number of carbonyl (C=O) groups excluding carboxylic acids is 2. The molecule has 6 nitrogen and oxygen atoms in total. The van der Waals surface area contributed by atoms with Crippen molar-refractivity contribution in [3.8, 4) is 0 Å². The summed E-state index contributed by atoms with van der Waals surface area (Å²) in [4.78, 5) is 34.7. The topological polar surface area (TPSA) is 65.5 Å². The Labute approximate surface area is 163 Å². The minimum Gasteiger partial charge on any atom is -0.337 e. The summed E-state index contributed by atoms with van der Waals surface area (Å²) >= 11 is 1.51. The quantitative estimate of drug-likeness (QED) is 0.863. The fourth-order valence-electron chi connectivity index (χ4n) is 3.61. The maximum absolute atomic E-state index is 12.7. The fraction of sp³-hybridized carbons (Fsp3) is 0.450. The van der Waals surface area contributed by atoms with E-state index in [2.05, 4.69) is 10.3 Å². The van der Waals surface area contributed by atoms with Crippen molar-refractivity contribution in [3.05, 3.63) is 45.9 Å². The van der Waals surface area contributed by atoms with E-state index in [4.69, 9.17) is 0 Å². The second-order valence-corrected chi connectivity index (χ2v) is 8.11. The number of thiazole rings is 1. The molecule has 142 valence electrons. The Hall–Kier alpha value is -2.41. The van der Waals surface area contributed by atoms with Gasteiger partial charge in [-0.1, -0.05) is 18.2 Å². The summed E-state index contributed by atoms with van der Waals surface area (Å²) in [7, 11) is 0. The van der Waals surface area contributed by atoms with Crippen LogP contribution in [-0.2, 0) is 12.8 Å². The van der Waals surface area contributed by atoms with Crippen molar-refractivity contribution < 1.29 is 9.59 Å². The predicted molar refractivity (Wildman–Crippen MR) is 106 cm³/mol. The standard InChI is InChI=1S/C20H24N4O2S/c25-19(23-11-5-2-6-12-23)18-22-16-9-13-24(14-10-17(16)27-18)20(26)21-15-7-3-1-4-8-15/h1,3-4,7-8H,2,5-6,9-14H2,(H,21,26). The number of rotatable bonds is 2. The van der Waals surface area contributed by atoms with Gasteiger partial charge in [0.25, 0.3) is 5.91 Å². The minimum absolute atomic E-state index is 0.0754. The monoisotopic (exact) mass is 384 g/mol. The highest BCUT2D eigenvalue weighted by atomic mass is 32.1. The number of benzene rings is 1. The van der Waals surface area contributed by atoms with Gasteiger partial charge in [0.05, 0.1) is 5.69 Å². The lowest BCUT2D eigenvalue weighted by molar-refractivity contribution is 0.0723. The molecule has 0 aliphatic carbocycles. The average molecular weight is 385 g/mol. The van der Waals surface area contributed by atoms with Crippen LogP contribution in [0.25, 0.3) is 0 Å². The maximum Gasteiger partial charge on any atom is 0.321 e. The number of hydrogen-bond donors (Lipinski definition) is 1. The molecule has 0 spiro atoms. The van der Waals surface area contributed by atoms with E-state index in [1.54, 1.807) is 0 Å². The molecule has 0 unspecified atom stereocenters. The van der Waals surface area contributed by atoms with Gasteiger partial charge in [-0.2, -0.15) is 0 Å². The van der Waals surface area contributed by atoms with Gasteiger partial charge in [0.1, 0.15) is 0 Å². The fourth-order valence-corrected chi connectivity index (χ4v) is 4.68. The van der Waals surface area contributed by atoms with Crippen LogP contribution in [0.1, 0.15) is 39.6 Å². The molecule has 0 bridgehead atoms. The summed E-state index contributed by atoms with van der Waals surface area (Å²) in [6.07, 6.45) is 4.83. The lowest BCUT2D eigenvalue weighted by Gasteiger charge is -2.25. The van der Waals surface area contributed by atoms with Crippen LogP contribution >= 0.6 is 11.3 Å². The first-order valence-electron chi connectivity index (χ1n) is 9.59. The number of anilines is 1. The number of amides is 3. The summed E-state index contributed by atoms with van der Waals surface area (Å²) in [6.45, 7) is 2.95. The molecule has 1 N–H and O–H groups in total. The number of para-hydroxylation sites is 1. The van der Waals surface area contributed by atoms with E-state index >= 15 is 0 Å². The highest BCUT2D eigenvalue weighted by Crippen LogP contribution is 2.25. The Morgan fingerprint density at radius 2 is 1.67 bits per heavy atom. The number of likely N-dealkylation sites (tertiary alicyclic amines) is 1. The first kappa shape index (κ1) is 18.0. The number of nitrogens with zero attached hydrogens (tertiary/aromatic N) is 3. The summed E-state index contributed by atoms with van der Waals surface area (Å²) in [5.74, 6) is 0.0754. The molecule has 0 saturated carbocycles. The van der Waals surface area contributed by atoms with Crippen molar-refractivity contribution in [1.82, 2.24) is 14.8 Å². The Balaban J connectivity index is 1.38. The molecule has 3 amide bonds. The molecular weight excluding hydrogens is 360 g/mol. The van der Waals surface area contributed by atoms with Gasteiger partial charge < -0.3 is 15.1 Å². The lowest BCUT2D eigenvalue weighted by atomic mass is 10.1. The number of fused-ring (bicyclic) bond motifs is 1. The van der Waals surface area contributed by atoms with Crippen molar-refractivity contribution in [2.24, 2.45) is 0 Å². The minimum atomic E-state index is -0.0824. The van der Waals surface area contributed by atoms with Crippen LogP contribution in [0, 0.1) is 0 Å². The van der Waals surface area contributed by atoms with Gasteiger partial charge in [-0.15, -0.1) is 11.3 Å². The van der Waals surface area contributed by atoms with Gasteiger partial charge in [0.2, 0.25) is 0 Å². The largest absolute Gasteiger partial charge is 0.337 e. The van der Waals surface area contributed by atoms with E-state index in [1.807, 2.05) is 40.1 Å². The second-order valence-electron chi connectivity index (χ2n) is 7.02. The van der Waals surface area contributed by atoms with Gasteiger partial charge in [-0.3, -0.25) is 4.79 Å². The first-order chi connectivity index (χ1) is 13.2. The zero-order chi connectivity index (χ0) is 18.6. The highest BCUT2D eigenvalue weighted by Gasteiger charge is 2.26. The third-order valence-electron chi connectivity index (χ3n) is 5.14. The van der Waals surface area contributed by atoms with E-state index in [9.17, 15) is 9.59 Å². The molecule has 0 atom stereocenters. The van der Waals surface area contributed by atoms with Crippen LogP contribution in [0.15, 0.2) is 30.3 Å². The van der Waals surface area contributed by atoms with Crippen molar-refractivity contribution in [3.63, 3.8) is 0 Å². The Kier molecular flexibility index (Phi) is 5.38. The zero-order valence-electron chi connectivity index (χ0n) is 15.3. The molecule has 2 aliphatic heterocycles. The van der Waals surface area contributed by atoms with E-state index in [-0.39, 0.29) is 11.9 Å². The second kappa shape index (κ2) is 8.08. The van der Waals surface area contributed by atoms with Crippen LogP contribution in [0.5, 0.6) is 0 Å². The van der Waals surface area contributed by atoms with Crippen LogP contribution in [-0.4, -0.2) is 52.9 Å². The van der Waals surface area contributed by atoms with E-state index in [0.717, 1.165) is 48.6 Å². The van der Waals surface area contributed by atoms with Crippen molar-refractivity contribution in [2.75, 3.05) is 31.5 Å². The van der Waals surface area contributed by atoms with Crippen molar-refractivity contribution in [2.45, 2.75) is 32.1 Å². The average Bonchev–Trinajstić information content (AvgIpc) is 3.01. The lowest BCUT2D eigenvalue weighted by Crippen LogP contribution is -2.37. The molecule has 27 heavy (non-hydrogen) atoms. The summed E-state index contributed by atoms with van der Waals surface area (Å²) in [5.41, 5.74) is 1.78. The SMILES string of the molecule is O=C(Nc1ccccc1)N1CCc2nc(C(=O)N3CCCCC3)sc2CC1. The molecule has 3 heterocycles. The molecule has 4 rings (SSSR count). The number of hydrogen-bond acceptors (Lipinski definition) is 4. The number of urea groups is 1. The molecule has 0 radical (unpaired) electrons. The van der Waals surface area contributed by atoms with Gasteiger partial charge >= 0.3 is 6.03 Å². The Morgan fingerprint density at radius 1 is 0.926 bits per heavy atom. The first-order valence-corrected chi connectivity index (χ1v) is 10.4. The Bertz CT molecular complexity index is 789. The smallest absolute Gasteiger partial charge is 0.321 e. The zero-order valence-corrected chi connectivity index (χ0v) is 16.1. The molecule has 2 aromatic rings. The molecule has 1 saturated heterocycles. The molecule has 1 aromatic carbocycles. The molecular formula is C20H24N4O2S. The summed E-state index contributed by atoms with van der Waals surface area (Å²) in [5, 5.41) is 3.56. The van der Waals surface area contributed by atoms with Crippen LogP contribution < -0.4 is 5.32 Å². The van der Waals surface area contributed by atoms with Gasteiger partial charge in [-0.05, 0) is 31.4 Å². The van der Waals surface area contributed by atoms with Crippen molar-refractivity contribution in [1.29, 1.82) is 0 Å². The highest BCUT2D eigenvalue weighted by molar-refractivity contribution is 7.13. The third-order valence-corrected chi connectivity index (χ3v) is 6.29. The van der Waals surface area contributed by atoms with Crippen LogP contribution in [0.4, 0.5) is 10.5 Å². The summed E-state index contributed by atoms with van der Waals surface area (Å²) in [6, 6.07) is 9.41. The van der Waals surface area contributed by atoms with Crippen LogP contribution in [0.3, 0.4) is 0 Å². The predicted octanol–water partition coefficient (Wildman–Crippen LogP) is 3.40. The van der Waals surface area contributed by atoms with Crippen LogP contribution in [0.2, 0.25) is 0 Å². The van der Waals surface area contributed by atoms with Crippen molar-refractivity contribution >= 4 is 29.0 Å². The van der Waals surface area contributed by atoms with E-state index in [0.29, 0.717) is 24.5 Å². The maximum atomic E-state index is 12.7. The van der Waals surface area contributed by atoms with Gasteiger partial charge in [0, 0.05) is 49.6 Å². The normalized spacial score (nSPS) is 17.2. The number of aromatic nitrogens is 1. The molecule has 7 heteroatoms. The van der Waals surface area contributed by atoms with E-state index in [1.165, 1.54) is 17.8 Å². The Morgan fingerprint density at radius 3 is 2.44 bits per heavy atom. The molecule has 1 aromatic heterocycles. The number of piperidine rings is 1. The van der Waals surface area contributed by atoms with E-state index < -0.39 is 0 Å². The molecule has 2 aliphatic rings. The van der Waals surface area contributed by atoms with Gasteiger partial charge in [-0.25, -0.2) is 9.78 Å². The number of carbonyl (C=O) groups is 2. The molecule has 1 fully saturated rings.